The fourth-order valence-corrected chi connectivity index (χ4v) is 1.92. The fourth-order valence-electron chi connectivity index (χ4n) is 1.92. The monoisotopic (exact) mass is 279 g/mol. The molecule has 0 radical (unpaired) electrons. The number of benzene rings is 2. The maximum absolute atomic E-state index is 11.9. The molecule has 2 rings (SSSR count). The van der Waals surface area contributed by atoms with Crippen LogP contribution >= 0.6 is 0 Å². The number of rotatable bonds is 5. The van der Waals surface area contributed by atoms with E-state index >= 15 is 0 Å². The molecular formula is C17H17N3O. The number of hydrogen-bond donors (Lipinski definition) is 2. The SMILES string of the molecule is CC(=O)C(=C/Nc1ccccc1)/C(=N\N)c1ccccc1. The number of carbonyl (C=O) groups is 1. The Balaban J connectivity index is 2.32. The number of nitrogens with two attached hydrogens (primary N) is 1. The van der Waals surface area contributed by atoms with E-state index < -0.39 is 0 Å². The summed E-state index contributed by atoms with van der Waals surface area (Å²) in [5.74, 6) is 5.37. The van der Waals surface area contributed by atoms with Crippen LogP contribution in [0.1, 0.15) is 12.5 Å². The molecule has 2 aromatic carbocycles. The van der Waals surface area contributed by atoms with Crippen LogP contribution in [0.25, 0.3) is 0 Å². The zero-order chi connectivity index (χ0) is 15.1. The Morgan fingerprint density at radius 2 is 1.62 bits per heavy atom. The maximum atomic E-state index is 11.9. The smallest absolute Gasteiger partial charge is 0.163 e. The van der Waals surface area contributed by atoms with Crippen LogP contribution in [-0.2, 0) is 4.79 Å². The molecule has 0 bridgehead atoms. The predicted molar refractivity (Wildman–Crippen MR) is 86.0 cm³/mol. The summed E-state index contributed by atoms with van der Waals surface area (Å²) in [6.45, 7) is 1.49. The number of allylic oxidation sites excluding steroid dienone is 1. The van der Waals surface area contributed by atoms with E-state index in [2.05, 4.69) is 10.4 Å². The van der Waals surface area contributed by atoms with Gasteiger partial charge >= 0.3 is 0 Å². The molecule has 4 nitrogen and oxygen atoms in total. The molecule has 0 unspecified atom stereocenters. The van der Waals surface area contributed by atoms with Crippen LogP contribution in [0, 0.1) is 0 Å². The molecule has 0 aromatic heterocycles. The molecule has 0 aliphatic carbocycles. The summed E-state index contributed by atoms with van der Waals surface area (Å²) in [6.07, 6.45) is 1.64. The van der Waals surface area contributed by atoms with Crippen molar-refractivity contribution in [2.45, 2.75) is 6.92 Å². The number of Topliss-reactive ketones (excluding diaryl/α,β-unsaturated/α-hetero) is 1. The number of nitrogens with one attached hydrogen (secondary N) is 1. The average molecular weight is 279 g/mol. The maximum Gasteiger partial charge on any atom is 0.163 e. The van der Waals surface area contributed by atoms with Crippen molar-refractivity contribution < 1.29 is 4.79 Å². The molecule has 0 amide bonds. The van der Waals surface area contributed by atoms with E-state index in [4.69, 9.17) is 5.84 Å². The molecule has 0 fully saturated rings. The van der Waals surface area contributed by atoms with Gasteiger partial charge in [0, 0.05) is 17.5 Å². The third-order valence-electron chi connectivity index (χ3n) is 2.97. The first-order chi connectivity index (χ1) is 10.2. The molecule has 0 aliphatic heterocycles. The van der Waals surface area contributed by atoms with Gasteiger partial charge in [-0.1, -0.05) is 48.5 Å². The Kier molecular flexibility index (Phi) is 4.88. The molecule has 0 saturated carbocycles. The van der Waals surface area contributed by atoms with Gasteiger partial charge in [-0.05, 0) is 19.1 Å². The number of hydrogen-bond acceptors (Lipinski definition) is 4. The van der Waals surface area contributed by atoms with Crippen LogP contribution in [0.4, 0.5) is 5.69 Å². The standard InChI is InChI=1S/C17H17N3O/c1-13(21)16(12-19-15-10-6-3-7-11-15)17(20-18)14-8-4-2-5-9-14/h2-12,19H,18H2,1H3/b16-12-,20-17-. The van der Waals surface area contributed by atoms with E-state index in [0.717, 1.165) is 11.3 Å². The van der Waals surface area contributed by atoms with Crippen LogP contribution in [0.2, 0.25) is 0 Å². The van der Waals surface area contributed by atoms with E-state index in [-0.39, 0.29) is 5.78 Å². The molecule has 4 heteroatoms. The van der Waals surface area contributed by atoms with Gasteiger partial charge in [-0.25, -0.2) is 0 Å². The Morgan fingerprint density at radius 1 is 1.05 bits per heavy atom. The zero-order valence-corrected chi connectivity index (χ0v) is 11.8. The van der Waals surface area contributed by atoms with Gasteiger partial charge in [0.15, 0.2) is 5.78 Å². The van der Waals surface area contributed by atoms with Crippen molar-refractivity contribution >= 4 is 17.2 Å². The van der Waals surface area contributed by atoms with E-state index in [9.17, 15) is 4.79 Å². The highest BCUT2D eigenvalue weighted by atomic mass is 16.1. The first-order valence-corrected chi connectivity index (χ1v) is 6.58. The quantitative estimate of drug-likeness (QED) is 0.383. The summed E-state index contributed by atoms with van der Waals surface area (Å²) in [5, 5.41) is 6.87. The van der Waals surface area contributed by atoms with Crippen LogP contribution < -0.4 is 11.2 Å². The van der Waals surface area contributed by atoms with Crippen LogP contribution in [0.15, 0.2) is 77.5 Å². The number of hydrazone groups is 1. The van der Waals surface area contributed by atoms with Crippen molar-refractivity contribution in [3.63, 3.8) is 0 Å². The zero-order valence-electron chi connectivity index (χ0n) is 11.8. The van der Waals surface area contributed by atoms with E-state index in [1.54, 1.807) is 6.20 Å². The minimum absolute atomic E-state index is 0.105. The summed E-state index contributed by atoms with van der Waals surface area (Å²) in [6, 6.07) is 19.0. The molecule has 21 heavy (non-hydrogen) atoms. The lowest BCUT2D eigenvalue weighted by Crippen LogP contribution is -2.15. The molecule has 0 aliphatic rings. The lowest BCUT2D eigenvalue weighted by atomic mass is 10.0. The highest BCUT2D eigenvalue weighted by molar-refractivity contribution is 6.28. The number of carbonyl (C=O) groups excluding carboxylic acids is 1. The predicted octanol–water partition coefficient (Wildman–Crippen LogP) is 2.93. The summed E-state index contributed by atoms with van der Waals surface area (Å²) in [5.41, 5.74) is 2.59. The first kappa shape index (κ1) is 14.5. The minimum Gasteiger partial charge on any atom is -0.361 e. The first-order valence-electron chi connectivity index (χ1n) is 6.58. The molecule has 2 aromatic rings. The third-order valence-corrected chi connectivity index (χ3v) is 2.97. The largest absolute Gasteiger partial charge is 0.361 e. The van der Waals surface area contributed by atoms with E-state index in [1.165, 1.54) is 6.92 Å². The van der Waals surface area contributed by atoms with Gasteiger partial charge in [0.05, 0.1) is 5.57 Å². The highest BCUT2D eigenvalue weighted by Crippen LogP contribution is 2.12. The Bertz CT molecular complexity index is 661. The van der Waals surface area contributed by atoms with E-state index in [0.29, 0.717) is 11.3 Å². The minimum atomic E-state index is -0.105. The number of nitrogens with zero attached hydrogens (tertiary/aromatic N) is 1. The number of para-hydroxylation sites is 1. The van der Waals surface area contributed by atoms with Gasteiger partial charge in [0.1, 0.15) is 5.71 Å². The molecule has 3 N–H and O–H groups in total. The third kappa shape index (κ3) is 3.79. The Labute approximate surface area is 124 Å². The topological polar surface area (TPSA) is 67.5 Å². The van der Waals surface area contributed by atoms with Crippen molar-refractivity contribution in [2.24, 2.45) is 10.9 Å². The van der Waals surface area contributed by atoms with Crippen molar-refractivity contribution in [3.05, 3.63) is 78.0 Å². The molecule has 0 saturated heterocycles. The van der Waals surface area contributed by atoms with Gasteiger partial charge in [-0.3, -0.25) is 4.79 Å². The Morgan fingerprint density at radius 3 is 2.14 bits per heavy atom. The van der Waals surface area contributed by atoms with Gasteiger partial charge in [-0.2, -0.15) is 5.10 Å². The highest BCUT2D eigenvalue weighted by Gasteiger charge is 2.14. The average Bonchev–Trinajstić information content (AvgIpc) is 2.53. The summed E-state index contributed by atoms with van der Waals surface area (Å²) in [7, 11) is 0. The lowest BCUT2D eigenvalue weighted by Gasteiger charge is -2.09. The van der Waals surface area contributed by atoms with Gasteiger partial charge in [-0.15, -0.1) is 0 Å². The Hall–Kier alpha value is -2.88. The molecule has 106 valence electrons. The summed E-state index contributed by atoms with van der Waals surface area (Å²) < 4.78 is 0. The molecular weight excluding hydrogens is 262 g/mol. The second-order valence-electron chi connectivity index (χ2n) is 4.47. The number of ketones is 1. The van der Waals surface area contributed by atoms with E-state index in [1.807, 2.05) is 60.7 Å². The van der Waals surface area contributed by atoms with Gasteiger partial charge in [0.25, 0.3) is 0 Å². The van der Waals surface area contributed by atoms with Crippen molar-refractivity contribution in [3.8, 4) is 0 Å². The lowest BCUT2D eigenvalue weighted by molar-refractivity contribution is -0.113. The van der Waals surface area contributed by atoms with Crippen LogP contribution in [0.5, 0.6) is 0 Å². The second-order valence-corrected chi connectivity index (χ2v) is 4.47. The molecule has 0 spiro atoms. The van der Waals surface area contributed by atoms with Crippen molar-refractivity contribution in [1.29, 1.82) is 0 Å². The number of anilines is 1. The van der Waals surface area contributed by atoms with Crippen molar-refractivity contribution in [1.82, 2.24) is 0 Å². The molecule has 0 atom stereocenters. The summed E-state index contributed by atoms with van der Waals surface area (Å²) >= 11 is 0. The fraction of sp³-hybridized carbons (Fsp3) is 0.0588. The normalized spacial score (nSPS) is 12.0. The molecule has 0 heterocycles. The van der Waals surface area contributed by atoms with Crippen molar-refractivity contribution in [2.75, 3.05) is 5.32 Å². The van der Waals surface area contributed by atoms with Gasteiger partial charge in [0.2, 0.25) is 0 Å². The summed E-state index contributed by atoms with van der Waals surface area (Å²) in [4.78, 5) is 11.9. The van der Waals surface area contributed by atoms with Crippen LogP contribution in [-0.4, -0.2) is 11.5 Å². The second kappa shape index (κ2) is 7.05. The van der Waals surface area contributed by atoms with Crippen LogP contribution in [0.3, 0.4) is 0 Å². The van der Waals surface area contributed by atoms with Gasteiger partial charge < -0.3 is 11.2 Å².